The highest BCUT2D eigenvalue weighted by Crippen LogP contribution is 2.33. The van der Waals surface area contributed by atoms with E-state index < -0.39 is 12.2 Å². The van der Waals surface area contributed by atoms with Crippen molar-refractivity contribution in [2.75, 3.05) is 0 Å². The monoisotopic (exact) mass is 184 g/mol. The lowest BCUT2D eigenvalue weighted by atomic mass is 10.1. The summed E-state index contributed by atoms with van der Waals surface area (Å²) in [6, 6.07) is 0. The fourth-order valence-electron chi connectivity index (χ4n) is 1.43. The molecule has 4 nitrogen and oxygen atoms in total. The second-order valence-electron chi connectivity index (χ2n) is 3.49. The quantitative estimate of drug-likeness (QED) is 0.485. The van der Waals surface area contributed by atoms with Crippen LogP contribution >= 0.6 is 0 Å². The Hall–Kier alpha value is -0.870. The number of hydrogen-bond donors (Lipinski definition) is 1. The molecule has 0 aliphatic carbocycles. The highest BCUT2D eigenvalue weighted by molar-refractivity contribution is 5.92. The van der Waals surface area contributed by atoms with E-state index in [9.17, 15) is 9.90 Å². The zero-order chi connectivity index (χ0) is 9.59. The SMILES string of the molecule is C[C@H](O)[C@H]1C=C([C@H]2O[C@H]2C)C(=O)O1. The lowest BCUT2D eigenvalue weighted by Crippen LogP contribution is -2.22. The number of ether oxygens (including phenoxy) is 2. The minimum Gasteiger partial charge on any atom is -0.452 e. The molecule has 0 unspecified atom stereocenters. The maximum absolute atomic E-state index is 11.2. The molecule has 2 aliphatic rings. The van der Waals surface area contributed by atoms with Gasteiger partial charge in [0, 0.05) is 0 Å². The third kappa shape index (κ3) is 1.47. The Morgan fingerprint density at radius 3 is 2.62 bits per heavy atom. The van der Waals surface area contributed by atoms with Crippen LogP contribution in [0.5, 0.6) is 0 Å². The average Bonchev–Trinajstić information content (AvgIpc) is 2.60. The average molecular weight is 184 g/mol. The van der Waals surface area contributed by atoms with Crippen molar-refractivity contribution in [3.8, 4) is 0 Å². The Labute approximate surface area is 76.1 Å². The molecule has 1 fully saturated rings. The molecule has 1 N–H and O–H groups in total. The molecule has 72 valence electrons. The molecule has 0 spiro atoms. The van der Waals surface area contributed by atoms with Gasteiger partial charge in [0.1, 0.15) is 12.2 Å². The number of aliphatic hydroxyl groups excluding tert-OH is 1. The van der Waals surface area contributed by atoms with Gasteiger partial charge in [-0.15, -0.1) is 0 Å². The van der Waals surface area contributed by atoms with Gasteiger partial charge in [0.15, 0.2) is 0 Å². The molecule has 0 aromatic heterocycles. The molecule has 0 bridgehead atoms. The first-order chi connectivity index (χ1) is 6.09. The molecule has 2 rings (SSSR count). The van der Waals surface area contributed by atoms with Crippen molar-refractivity contribution in [2.45, 2.75) is 38.3 Å². The summed E-state index contributed by atoms with van der Waals surface area (Å²) in [4.78, 5) is 11.2. The molecule has 1 saturated heterocycles. The number of carbonyl (C=O) groups excluding carboxylic acids is 1. The first kappa shape index (κ1) is 8.72. The van der Waals surface area contributed by atoms with Gasteiger partial charge in [-0.1, -0.05) is 0 Å². The molecule has 0 amide bonds. The van der Waals surface area contributed by atoms with E-state index in [1.807, 2.05) is 6.92 Å². The van der Waals surface area contributed by atoms with Crippen molar-refractivity contribution in [2.24, 2.45) is 0 Å². The van der Waals surface area contributed by atoms with E-state index in [4.69, 9.17) is 9.47 Å². The van der Waals surface area contributed by atoms with E-state index in [1.165, 1.54) is 0 Å². The van der Waals surface area contributed by atoms with E-state index in [-0.39, 0.29) is 18.2 Å². The molecule has 0 aromatic carbocycles. The van der Waals surface area contributed by atoms with E-state index >= 15 is 0 Å². The van der Waals surface area contributed by atoms with Crippen molar-refractivity contribution in [1.82, 2.24) is 0 Å². The number of cyclic esters (lactones) is 1. The van der Waals surface area contributed by atoms with Gasteiger partial charge in [-0.25, -0.2) is 4.79 Å². The zero-order valence-electron chi connectivity index (χ0n) is 7.56. The van der Waals surface area contributed by atoms with E-state index in [2.05, 4.69) is 0 Å². The minimum absolute atomic E-state index is 0.103. The topological polar surface area (TPSA) is 59.1 Å². The van der Waals surface area contributed by atoms with E-state index in [1.54, 1.807) is 13.0 Å². The van der Waals surface area contributed by atoms with Crippen molar-refractivity contribution in [1.29, 1.82) is 0 Å². The first-order valence-electron chi connectivity index (χ1n) is 4.36. The molecule has 2 aliphatic heterocycles. The van der Waals surface area contributed by atoms with E-state index in [0.29, 0.717) is 5.57 Å². The Kier molecular flexibility index (Phi) is 1.89. The Bertz CT molecular complexity index is 269. The molecule has 0 radical (unpaired) electrons. The number of carbonyl (C=O) groups is 1. The van der Waals surface area contributed by atoms with Crippen LogP contribution in [0.4, 0.5) is 0 Å². The summed E-state index contributed by atoms with van der Waals surface area (Å²) < 4.78 is 10.1. The third-order valence-corrected chi connectivity index (χ3v) is 2.32. The Balaban J connectivity index is 2.10. The summed E-state index contributed by atoms with van der Waals surface area (Å²) in [6.07, 6.45) is 0.485. The molecular formula is C9H12O4. The lowest BCUT2D eigenvalue weighted by Gasteiger charge is -2.09. The number of epoxide rings is 1. The Morgan fingerprint density at radius 1 is 1.62 bits per heavy atom. The molecule has 2 heterocycles. The Morgan fingerprint density at radius 2 is 2.23 bits per heavy atom. The van der Waals surface area contributed by atoms with Gasteiger partial charge >= 0.3 is 5.97 Å². The number of hydrogen-bond acceptors (Lipinski definition) is 4. The summed E-state index contributed by atoms with van der Waals surface area (Å²) in [5, 5.41) is 9.19. The third-order valence-electron chi connectivity index (χ3n) is 2.32. The van der Waals surface area contributed by atoms with Gasteiger partial charge in [-0.3, -0.25) is 0 Å². The smallest absolute Gasteiger partial charge is 0.337 e. The highest BCUT2D eigenvalue weighted by atomic mass is 16.6. The van der Waals surface area contributed by atoms with Crippen molar-refractivity contribution in [3.63, 3.8) is 0 Å². The second-order valence-corrected chi connectivity index (χ2v) is 3.49. The maximum Gasteiger partial charge on any atom is 0.337 e. The van der Waals surface area contributed by atoms with Crippen LogP contribution in [0.2, 0.25) is 0 Å². The summed E-state index contributed by atoms with van der Waals surface area (Å²) in [7, 11) is 0. The van der Waals surface area contributed by atoms with Crippen molar-refractivity contribution in [3.05, 3.63) is 11.6 Å². The summed E-state index contributed by atoms with van der Waals surface area (Å²) in [6.45, 7) is 3.49. The molecule has 0 aromatic rings. The van der Waals surface area contributed by atoms with Crippen LogP contribution in [0.25, 0.3) is 0 Å². The number of aliphatic hydroxyl groups is 1. The van der Waals surface area contributed by atoms with Crippen LogP contribution in [0.1, 0.15) is 13.8 Å². The predicted molar refractivity (Wildman–Crippen MR) is 44.0 cm³/mol. The van der Waals surface area contributed by atoms with Crippen LogP contribution in [-0.2, 0) is 14.3 Å². The van der Waals surface area contributed by atoms with Crippen LogP contribution in [0.15, 0.2) is 11.6 Å². The van der Waals surface area contributed by atoms with Gasteiger partial charge in [-0.05, 0) is 19.9 Å². The van der Waals surface area contributed by atoms with E-state index in [0.717, 1.165) is 0 Å². The second kappa shape index (κ2) is 2.82. The first-order valence-corrected chi connectivity index (χ1v) is 4.36. The molecule has 13 heavy (non-hydrogen) atoms. The van der Waals surface area contributed by atoms with Gasteiger partial charge in [-0.2, -0.15) is 0 Å². The summed E-state index contributed by atoms with van der Waals surface area (Å²) >= 11 is 0. The highest BCUT2D eigenvalue weighted by Gasteiger charge is 2.45. The largest absolute Gasteiger partial charge is 0.452 e. The zero-order valence-corrected chi connectivity index (χ0v) is 7.56. The van der Waals surface area contributed by atoms with Gasteiger partial charge < -0.3 is 14.6 Å². The fraction of sp³-hybridized carbons (Fsp3) is 0.667. The van der Waals surface area contributed by atoms with Gasteiger partial charge in [0.2, 0.25) is 0 Å². The molecule has 0 saturated carbocycles. The predicted octanol–water partition coefficient (Wildman–Crippen LogP) is 0.00630. The molecule has 4 heteroatoms. The van der Waals surface area contributed by atoms with Crippen molar-refractivity contribution >= 4 is 5.97 Å². The molecular weight excluding hydrogens is 172 g/mol. The molecule has 4 atom stereocenters. The summed E-state index contributed by atoms with van der Waals surface area (Å²) in [5.74, 6) is -0.361. The maximum atomic E-state index is 11.2. The van der Waals surface area contributed by atoms with Crippen LogP contribution in [0.3, 0.4) is 0 Å². The number of esters is 1. The van der Waals surface area contributed by atoms with Crippen LogP contribution in [0, 0.1) is 0 Å². The fourth-order valence-corrected chi connectivity index (χ4v) is 1.43. The summed E-state index contributed by atoms with van der Waals surface area (Å²) in [5.41, 5.74) is 0.554. The van der Waals surface area contributed by atoms with Crippen molar-refractivity contribution < 1.29 is 19.4 Å². The number of rotatable bonds is 2. The van der Waals surface area contributed by atoms with Crippen LogP contribution < -0.4 is 0 Å². The standard InChI is InChI=1S/C9H12O4/c1-4(10)7-3-6(9(11)13-7)8-5(2)12-8/h3-5,7-8,10H,1-2H3/t4-,5-,7+,8-/m0/s1. The van der Waals surface area contributed by atoms with Gasteiger partial charge in [0.25, 0.3) is 0 Å². The van der Waals surface area contributed by atoms with Gasteiger partial charge in [0.05, 0.1) is 17.8 Å². The minimum atomic E-state index is -0.657. The normalized spacial score (nSPS) is 39.8. The lowest BCUT2D eigenvalue weighted by molar-refractivity contribution is -0.143. The van der Waals surface area contributed by atoms with Crippen LogP contribution in [-0.4, -0.2) is 35.5 Å².